The number of hydrogen-bond donors (Lipinski definition) is 4. The second kappa shape index (κ2) is 6.11. The summed E-state index contributed by atoms with van der Waals surface area (Å²) in [5.41, 5.74) is 5.03. The molecule has 0 aromatic carbocycles. The fraction of sp³-hybridized carbons (Fsp3) is 0.400. The lowest BCUT2D eigenvalue weighted by Crippen LogP contribution is -2.25. The number of hydrogen-bond acceptors (Lipinski definition) is 4. The van der Waals surface area contributed by atoms with Gasteiger partial charge in [0.2, 0.25) is 11.7 Å². The summed E-state index contributed by atoms with van der Waals surface area (Å²) in [5, 5.41) is 19.3. The van der Waals surface area contributed by atoms with Gasteiger partial charge in [-0.15, -0.1) is 0 Å². The number of aliphatic hydroxyl groups excluding tert-OH is 2. The van der Waals surface area contributed by atoms with Gasteiger partial charge in [-0.1, -0.05) is 34.8 Å². The molecule has 0 saturated carbocycles. The second-order valence-corrected chi connectivity index (χ2v) is 6.14. The largest absolute Gasteiger partial charge is 0.390 e. The molecular formula is C10H11Cl3N2O4. The number of Topliss-reactive ketones (excluding diaryl/α,β-unsaturated/α-hetero) is 1. The quantitative estimate of drug-likeness (QED) is 0.473. The topological polar surface area (TPSA) is 116 Å². The van der Waals surface area contributed by atoms with Crippen LogP contribution in [0.4, 0.5) is 0 Å². The summed E-state index contributed by atoms with van der Waals surface area (Å²) in [6.45, 7) is 0. The van der Waals surface area contributed by atoms with Crippen LogP contribution in [0.1, 0.15) is 28.6 Å². The molecule has 5 N–H and O–H groups in total. The van der Waals surface area contributed by atoms with Crippen LogP contribution >= 0.6 is 34.8 Å². The number of alkyl halides is 3. The number of amides is 1. The maximum atomic E-state index is 11.6. The molecule has 1 heterocycles. The van der Waals surface area contributed by atoms with Crippen LogP contribution in [0.15, 0.2) is 12.3 Å². The van der Waals surface area contributed by atoms with Gasteiger partial charge in [0.25, 0.3) is 3.79 Å². The van der Waals surface area contributed by atoms with Crippen molar-refractivity contribution < 1.29 is 19.8 Å². The van der Waals surface area contributed by atoms with Crippen LogP contribution in [0.25, 0.3) is 0 Å². The highest BCUT2D eigenvalue weighted by Crippen LogP contribution is 2.31. The fourth-order valence-corrected chi connectivity index (χ4v) is 1.71. The van der Waals surface area contributed by atoms with Crippen molar-refractivity contribution in [3.8, 4) is 0 Å². The van der Waals surface area contributed by atoms with E-state index in [0.717, 1.165) is 0 Å². The molecule has 0 fully saturated rings. The number of aliphatic hydroxyl groups is 2. The number of H-pyrrole nitrogens is 1. The average Bonchev–Trinajstić information content (AvgIpc) is 2.73. The van der Waals surface area contributed by atoms with Crippen molar-refractivity contribution >= 4 is 46.5 Å². The van der Waals surface area contributed by atoms with Crippen LogP contribution in [0, 0.1) is 0 Å². The fourth-order valence-electron chi connectivity index (χ4n) is 1.41. The molecule has 1 amide bonds. The van der Waals surface area contributed by atoms with Crippen LogP contribution in [-0.2, 0) is 4.79 Å². The zero-order valence-electron chi connectivity index (χ0n) is 9.44. The van der Waals surface area contributed by atoms with E-state index in [1.165, 1.54) is 12.3 Å². The standard InChI is InChI=1S/C10H11Cl3N2O4/c11-10(12,13)9(19)5-1-4(3-15-5)8(18)6(16)2-7(14)17/h1,3,6,8,15-16,18H,2H2,(H2,14,17). The lowest BCUT2D eigenvalue weighted by atomic mass is 10.0. The van der Waals surface area contributed by atoms with Gasteiger partial charge in [0, 0.05) is 11.8 Å². The smallest absolute Gasteiger partial charge is 0.254 e. The minimum Gasteiger partial charge on any atom is -0.390 e. The number of halogens is 3. The van der Waals surface area contributed by atoms with Crippen LogP contribution < -0.4 is 5.73 Å². The molecule has 0 saturated heterocycles. The van der Waals surface area contributed by atoms with Crippen LogP contribution in [0.5, 0.6) is 0 Å². The normalized spacial score (nSPS) is 15.0. The lowest BCUT2D eigenvalue weighted by Gasteiger charge is -2.14. The molecule has 0 aliphatic heterocycles. The van der Waals surface area contributed by atoms with Gasteiger partial charge in [0.15, 0.2) is 0 Å². The van der Waals surface area contributed by atoms with E-state index in [1.807, 2.05) is 0 Å². The summed E-state index contributed by atoms with van der Waals surface area (Å²) in [7, 11) is 0. The minimum absolute atomic E-state index is 0.0414. The van der Waals surface area contributed by atoms with Gasteiger partial charge in [0.1, 0.15) is 6.10 Å². The summed E-state index contributed by atoms with van der Waals surface area (Å²) >= 11 is 16.3. The number of carbonyl (C=O) groups excluding carboxylic acids is 2. The molecule has 0 aliphatic rings. The van der Waals surface area contributed by atoms with E-state index >= 15 is 0 Å². The van der Waals surface area contributed by atoms with Crippen molar-refractivity contribution in [1.29, 1.82) is 0 Å². The Balaban J connectivity index is 2.85. The second-order valence-electron chi connectivity index (χ2n) is 3.86. The predicted molar refractivity (Wildman–Crippen MR) is 70.2 cm³/mol. The molecule has 2 unspecified atom stereocenters. The highest BCUT2D eigenvalue weighted by Gasteiger charge is 2.33. The van der Waals surface area contributed by atoms with Crippen molar-refractivity contribution in [3.05, 3.63) is 23.5 Å². The molecule has 1 aromatic heterocycles. The van der Waals surface area contributed by atoms with Crippen molar-refractivity contribution in [2.75, 3.05) is 0 Å². The third-order valence-corrected chi connectivity index (χ3v) is 2.84. The van der Waals surface area contributed by atoms with Gasteiger partial charge in [0.05, 0.1) is 18.2 Å². The first-order valence-electron chi connectivity index (χ1n) is 5.07. The summed E-state index contributed by atoms with van der Waals surface area (Å²) in [5.74, 6) is -1.57. The van der Waals surface area contributed by atoms with Crippen molar-refractivity contribution in [3.63, 3.8) is 0 Å². The van der Waals surface area contributed by atoms with Crippen molar-refractivity contribution in [2.45, 2.75) is 22.4 Å². The molecule has 9 heteroatoms. The van der Waals surface area contributed by atoms with Crippen molar-refractivity contribution in [2.24, 2.45) is 5.73 Å². The molecule has 1 aromatic rings. The number of ketones is 1. The Kier molecular flexibility index (Phi) is 5.23. The number of carbonyl (C=O) groups is 2. The van der Waals surface area contributed by atoms with Gasteiger partial charge in [-0.25, -0.2) is 0 Å². The summed E-state index contributed by atoms with van der Waals surface area (Å²) in [4.78, 5) is 24.7. The Morgan fingerprint density at radius 2 is 1.95 bits per heavy atom. The Morgan fingerprint density at radius 1 is 1.37 bits per heavy atom. The Morgan fingerprint density at radius 3 is 2.42 bits per heavy atom. The summed E-state index contributed by atoms with van der Waals surface area (Å²) < 4.78 is -2.13. The molecule has 0 bridgehead atoms. The molecule has 2 atom stereocenters. The zero-order valence-corrected chi connectivity index (χ0v) is 11.7. The van der Waals surface area contributed by atoms with E-state index in [-0.39, 0.29) is 11.3 Å². The van der Waals surface area contributed by atoms with E-state index in [1.54, 1.807) is 0 Å². The SMILES string of the molecule is NC(=O)CC(O)C(O)c1c[nH]c(C(=O)C(Cl)(Cl)Cl)c1. The highest BCUT2D eigenvalue weighted by molar-refractivity contribution is 6.77. The summed E-state index contributed by atoms with van der Waals surface area (Å²) in [6.07, 6.45) is -1.93. The molecule has 106 valence electrons. The van der Waals surface area contributed by atoms with Crippen LogP contribution in [0.2, 0.25) is 0 Å². The van der Waals surface area contributed by atoms with E-state index in [0.29, 0.717) is 0 Å². The van der Waals surface area contributed by atoms with Crippen LogP contribution in [0.3, 0.4) is 0 Å². The number of primary amides is 1. The zero-order chi connectivity index (χ0) is 14.8. The monoisotopic (exact) mass is 328 g/mol. The number of aromatic amines is 1. The lowest BCUT2D eigenvalue weighted by molar-refractivity contribution is -0.121. The first-order valence-corrected chi connectivity index (χ1v) is 6.20. The maximum Gasteiger partial charge on any atom is 0.254 e. The van der Waals surface area contributed by atoms with E-state index < -0.39 is 34.1 Å². The van der Waals surface area contributed by atoms with Gasteiger partial charge in [-0.2, -0.15) is 0 Å². The van der Waals surface area contributed by atoms with Crippen molar-refractivity contribution in [1.82, 2.24) is 4.98 Å². The third kappa shape index (κ3) is 4.36. The van der Waals surface area contributed by atoms with Gasteiger partial charge < -0.3 is 20.9 Å². The van der Waals surface area contributed by atoms with Gasteiger partial charge in [-0.05, 0) is 6.07 Å². The first-order chi connectivity index (χ1) is 8.62. The summed E-state index contributed by atoms with van der Waals surface area (Å²) in [6, 6.07) is 1.22. The van der Waals surface area contributed by atoms with Crippen LogP contribution in [-0.4, -0.2) is 36.8 Å². The molecular weight excluding hydrogens is 318 g/mol. The highest BCUT2D eigenvalue weighted by atomic mass is 35.6. The Hall–Kier alpha value is -0.790. The Labute approximate surface area is 123 Å². The molecule has 1 rings (SSSR count). The number of aromatic nitrogens is 1. The van der Waals surface area contributed by atoms with E-state index in [2.05, 4.69) is 4.98 Å². The van der Waals surface area contributed by atoms with E-state index in [9.17, 15) is 19.8 Å². The molecule has 0 radical (unpaired) electrons. The third-order valence-electron chi connectivity index (χ3n) is 2.32. The molecule has 19 heavy (non-hydrogen) atoms. The average molecular weight is 330 g/mol. The molecule has 6 nitrogen and oxygen atoms in total. The molecule has 0 aliphatic carbocycles. The van der Waals surface area contributed by atoms with Gasteiger partial charge in [-0.3, -0.25) is 9.59 Å². The first kappa shape index (κ1) is 16.3. The Bertz CT molecular complexity index is 483. The predicted octanol–water partition coefficient (Wildman–Crippen LogP) is 0.837. The van der Waals surface area contributed by atoms with Gasteiger partial charge >= 0.3 is 0 Å². The number of nitrogens with one attached hydrogen (secondary N) is 1. The number of rotatable bonds is 5. The van der Waals surface area contributed by atoms with E-state index in [4.69, 9.17) is 40.5 Å². The molecule has 0 spiro atoms. The maximum absolute atomic E-state index is 11.6. The minimum atomic E-state index is -2.13. The number of nitrogens with two attached hydrogens (primary N) is 1.